The van der Waals surface area contributed by atoms with E-state index in [1.165, 1.54) is 0 Å². The molecule has 0 atom stereocenters. The smallest absolute Gasteiger partial charge is 0.248 e. The van der Waals surface area contributed by atoms with Crippen molar-refractivity contribution in [2.75, 3.05) is 27.8 Å². The van der Waals surface area contributed by atoms with Gasteiger partial charge in [0, 0.05) is 18.1 Å². The maximum Gasteiger partial charge on any atom is 0.248 e. The lowest BCUT2D eigenvalue weighted by Crippen LogP contribution is -2.08. The van der Waals surface area contributed by atoms with Crippen molar-refractivity contribution in [1.29, 1.82) is 0 Å². The van der Waals surface area contributed by atoms with Crippen molar-refractivity contribution in [1.82, 2.24) is 15.5 Å². The van der Waals surface area contributed by atoms with Gasteiger partial charge in [-0.05, 0) is 32.1 Å². The molecular formula is C14H19N3O3. The van der Waals surface area contributed by atoms with Crippen molar-refractivity contribution in [2.24, 2.45) is 0 Å². The zero-order valence-electron chi connectivity index (χ0n) is 12.0. The van der Waals surface area contributed by atoms with Crippen LogP contribution in [0.3, 0.4) is 0 Å². The number of methoxy groups -OCH3 is 2. The fraction of sp³-hybridized carbons (Fsp3) is 0.429. The minimum absolute atomic E-state index is 0.474. The second-order valence-electron chi connectivity index (χ2n) is 4.31. The first-order valence-electron chi connectivity index (χ1n) is 6.47. The Bertz CT molecular complexity index is 532. The first-order chi connectivity index (χ1) is 9.76. The van der Waals surface area contributed by atoms with Crippen LogP contribution in [-0.2, 0) is 6.42 Å². The second kappa shape index (κ2) is 6.91. The first kappa shape index (κ1) is 14.3. The highest BCUT2D eigenvalue weighted by Gasteiger charge is 2.11. The van der Waals surface area contributed by atoms with Gasteiger partial charge >= 0.3 is 0 Å². The predicted molar refractivity (Wildman–Crippen MR) is 75.1 cm³/mol. The van der Waals surface area contributed by atoms with Crippen molar-refractivity contribution >= 4 is 0 Å². The van der Waals surface area contributed by atoms with Gasteiger partial charge in [-0.1, -0.05) is 0 Å². The van der Waals surface area contributed by atoms with Gasteiger partial charge in [-0.3, -0.25) is 0 Å². The number of aromatic nitrogens is 2. The largest absolute Gasteiger partial charge is 0.497 e. The molecule has 1 heterocycles. The Kier molecular flexibility index (Phi) is 4.95. The number of nitrogens with zero attached hydrogens (tertiary/aromatic N) is 2. The maximum absolute atomic E-state index is 5.65. The summed E-state index contributed by atoms with van der Waals surface area (Å²) in [6.07, 6.45) is 1.72. The Labute approximate surface area is 118 Å². The molecule has 1 aromatic heterocycles. The van der Waals surface area contributed by atoms with Crippen LogP contribution in [0.1, 0.15) is 12.3 Å². The summed E-state index contributed by atoms with van der Waals surface area (Å²) in [6.45, 7) is 0.921. The minimum Gasteiger partial charge on any atom is -0.497 e. The number of hydrogen-bond donors (Lipinski definition) is 1. The lowest BCUT2D eigenvalue weighted by molar-refractivity contribution is 0.394. The summed E-state index contributed by atoms with van der Waals surface area (Å²) in [5.41, 5.74) is 0.786. The highest BCUT2D eigenvalue weighted by atomic mass is 16.5. The quantitative estimate of drug-likeness (QED) is 0.780. The molecule has 6 nitrogen and oxygen atoms in total. The molecular weight excluding hydrogens is 258 g/mol. The van der Waals surface area contributed by atoms with Gasteiger partial charge < -0.3 is 19.2 Å². The molecule has 0 saturated heterocycles. The standard InChI is InChI=1S/C14H19N3O3/c1-15-6-4-5-13-16-17-14(20-13)10-7-11(18-2)9-12(8-10)19-3/h7-9,15H,4-6H2,1-3H3. The Hall–Kier alpha value is -2.08. The Morgan fingerprint density at radius 2 is 1.80 bits per heavy atom. The van der Waals surface area contributed by atoms with Gasteiger partial charge in [-0.25, -0.2) is 0 Å². The number of benzene rings is 1. The summed E-state index contributed by atoms with van der Waals surface area (Å²) >= 11 is 0. The van der Waals surface area contributed by atoms with Crippen LogP contribution < -0.4 is 14.8 Å². The Balaban J connectivity index is 2.18. The van der Waals surface area contributed by atoms with Gasteiger partial charge in [0.25, 0.3) is 0 Å². The number of aryl methyl sites for hydroxylation is 1. The Morgan fingerprint density at radius 1 is 1.10 bits per heavy atom. The van der Waals surface area contributed by atoms with Crippen LogP contribution in [0.25, 0.3) is 11.5 Å². The summed E-state index contributed by atoms with van der Waals surface area (Å²) < 4.78 is 16.1. The highest BCUT2D eigenvalue weighted by Crippen LogP contribution is 2.29. The summed E-state index contributed by atoms with van der Waals surface area (Å²) in [5.74, 6) is 2.49. The predicted octanol–water partition coefficient (Wildman–Crippen LogP) is 1.91. The zero-order chi connectivity index (χ0) is 14.4. The molecule has 1 aromatic carbocycles. The molecule has 0 aliphatic heterocycles. The lowest BCUT2D eigenvalue weighted by atomic mass is 10.2. The summed E-state index contributed by atoms with van der Waals surface area (Å²) in [4.78, 5) is 0. The van der Waals surface area contributed by atoms with Crippen LogP contribution in [-0.4, -0.2) is 38.0 Å². The highest BCUT2D eigenvalue weighted by molar-refractivity contribution is 5.59. The van der Waals surface area contributed by atoms with Gasteiger partial charge in [-0.2, -0.15) is 0 Å². The summed E-state index contributed by atoms with van der Waals surface area (Å²) in [5, 5.41) is 11.2. The van der Waals surface area contributed by atoms with Crippen molar-refractivity contribution in [2.45, 2.75) is 12.8 Å². The van der Waals surface area contributed by atoms with Gasteiger partial charge in [-0.15, -0.1) is 10.2 Å². The van der Waals surface area contributed by atoms with Crippen LogP contribution in [0.2, 0.25) is 0 Å². The van der Waals surface area contributed by atoms with Crippen LogP contribution in [0.4, 0.5) is 0 Å². The monoisotopic (exact) mass is 277 g/mol. The number of rotatable bonds is 7. The summed E-state index contributed by atoms with van der Waals surface area (Å²) in [7, 11) is 5.13. The zero-order valence-corrected chi connectivity index (χ0v) is 12.0. The normalized spacial score (nSPS) is 10.6. The molecule has 2 rings (SSSR count). The molecule has 1 N–H and O–H groups in total. The first-order valence-corrected chi connectivity index (χ1v) is 6.47. The molecule has 0 amide bonds. The van der Waals surface area contributed by atoms with Crippen molar-refractivity contribution in [3.8, 4) is 23.0 Å². The van der Waals surface area contributed by atoms with E-state index >= 15 is 0 Å². The third-order valence-electron chi connectivity index (χ3n) is 2.88. The van der Waals surface area contributed by atoms with E-state index in [-0.39, 0.29) is 0 Å². The van der Waals surface area contributed by atoms with Gasteiger partial charge in [0.05, 0.1) is 14.2 Å². The van der Waals surface area contributed by atoms with Gasteiger partial charge in [0.2, 0.25) is 11.8 Å². The average molecular weight is 277 g/mol. The topological polar surface area (TPSA) is 69.4 Å². The van der Waals surface area contributed by atoms with Crippen molar-refractivity contribution < 1.29 is 13.9 Å². The van der Waals surface area contributed by atoms with E-state index in [1.807, 2.05) is 19.2 Å². The molecule has 0 fully saturated rings. The minimum atomic E-state index is 0.474. The van der Waals surface area contributed by atoms with Crippen LogP contribution >= 0.6 is 0 Å². The second-order valence-corrected chi connectivity index (χ2v) is 4.31. The van der Waals surface area contributed by atoms with Crippen LogP contribution in [0.15, 0.2) is 22.6 Å². The molecule has 0 aliphatic carbocycles. The maximum atomic E-state index is 5.65. The number of nitrogens with one attached hydrogen (secondary N) is 1. The van der Waals surface area contributed by atoms with E-state index in [1.54, 1.807) is 20.3 Å². The fourth-order valence-electron chi connectivity index (χ4n) is 1.82. The molecule has 0 unspecified atom stereocenters. The Morgan fingerprint density at radius 3 is 2.40 bits per heavy atom. The molecule has 108 valence electrons. The molecule has 0 saturated carbocycles. The molecule has 0 aliphatic rings. The molecule has 6 heteroatoms. The summed E-state index contributed by atoms with van der Waals surface area (Å²) in [6, 6.07) is 5.48. The van der Waals surface area contributed by atoms with Crippen LogP contribution in [0, 0.1) is 0 Å². The number of hydrogen-bond acceptors (Lipinski definition) is 6. The fourth-order valence-corrected chi connectivity index (χ4v) is 1.82. The number of ether oxygens (including phenoxy) is 2. The van der Waals surface area contributed by atoms with Crippen LogP contribution in [0.5, 0.6) is 11.5 Å². The van der Waals surface area contributed by atoms with E-state index in [0.717, 1.165) is 24.9 Å². The molecule has 0 radical (unpaired) electrons. The van der Waals surface area contributed by atoms with E-state index in [4.69, 9.17) is 13.9 Å². The van der Waals surface area contributed by atoms with E-state index < -0.39 is 0 Å². The lowest BCUT2D eigenvalue weighted by Gasteiger charge is -2.05. The molecule has 2 aromatic rings. The molecule has 0 bridgehead atoms. The van der Waals surface area contributed by atoms with E-state index in [0.29, 0.717) is 23.3 Å². The van der Waals surface area contributed by atoms with Gasteiger partial charge in [0.15, 0.2) is 0 Å². The third kappa shape index (κ3) is 3.48. The molecule has 0 spiro atoms. The van der Waals surface area contributed by atoms with Crippen molar-refractivity contribution in [3.63, 3.8) is 0 Å². The van der Waals surface area contributed by atoms with E-state index in [2.05, 4.69) is 15.5 Å². The van der Waals surface area contributed by atoms with Gasteiger partial charge in [0.1, 0.15) is 11.5 Å². The SMILES string of the molecule is CNCCCc1nnc(-c2cc(OC)cc(OC)c2)o1. The molecule has 20 heavy (non-hydrogen) atoms. The third-order valence-corrected chi connectivity index (χ3v) is 2.88. The van der Waals surface area contributed by atoms with Crippen molar-refractivity contribution in [3.05, 3.63) is 24.1 Å². The van der Waals surface area contributed by atoms with E-state index in [9.17, 15) is 0 Å². The average Bonchev–Trinajstić information content (AvgIpc) is 2.96.